The molecule has 0 fully saturated rings. The third-order valence-electron chi connectivity index (χ3n) is 2.26. The highest BCUT2D eigenvalue weighted by Gasteiger charge is 2.08. The molecule has 1 N–H and O–H groups in total. The van der Waals surface area contributed by atoms with Crippen molar-refractivity contribution in [3.63, 3.8) is 0 Å². The molecule has 0 radical (unpaired) electrons. The largest absolute Gasteiger partial charge is 0.394 e. The summed E-state index contributed by atoms with van der Waals surface area (Å²) < 4.78 is 2.97. The number of aliphatic hydroxyl groups is 1. The Balaban J connectivity index is 2.59. The van der Waals surface area contributed by atoms with E-state index in [4.69, 9.17) is 5.11 Å². The fourth-order valence-corrected chi connectivity index (χ4v) is 1.52. The summed E-state index contributed by atoms with van der Waals surface area (Å²) >= 11 is 0. The number of aliphatic hydroxyl groups excluding tert-OH is 1. The first-order chi connectivity index (χ1) is 7.77. The number of rotatable bonds is 4. The number of fused-ring (bicyclic) bond motifs is 1. The van der Waals surface area contributed by atoms with E-state index in [-0.39, 0.29) is 12.2 Å². The molecule has 6 nitrogen and oxygen atoms in total. The van der Waals surface area contributed by atoms with Crippen LogP contribution in [0.2, 0.25) is 0 Å². The molecule has 84 valence electrons. The van der Waals surface area contributed by atoms with Crippen LogP contribution in [0.5, 0.6) is 0 Å². The van der Waals surface area contributed by atoms with E-state index in [1.165, 1.54) is 21.8 Å². The molecule has 0 aliphatic rings. The predicted octanol–water partition coefficient (Wildman–Crippen LogP) is -0.229. The lowest BCUT2D eigenvalue weighted by Gasteiger charge is -2.02. The van der Waals surface area contributed by atoms with Gasteiger partial charge in [-0.05, 0) is 0 Å². The van der Waals surface area contributed by atoms with E-state index in [2.05, 4.69) is 16.7 Å². The molecular weight excluding hydrogens is 208 g/mol. The van der Waals surface area contributed by atoms with Crippen LogP contribution in [0.3, 0.4) is 0 Å². The quantitative estimate of drug-likeness (QED) is 0.722. The van der Waals surface area contributed by atoms with Gasteiger partial charge in [0.2, 0.25) is 0 Å². The highest BCUT2D eigenvalue weighted by Crippen LogP contribution is 2.04. The summed E-state index contributed by atoms with van der Waals surface area (Å²) in [7, 11) is 0. The Kier molecular flexibility index (Phi) is 2.82. The van der Waals surface area contributed by atoms with Gasteiger partial charge in [-0.2, -0.15) is 5.10 Å². The minimum atomic E-state index is -0.144. The number of aromatic nitrogens is 4. The first-order valence-electron chi connectivity index (χ1n) is 4.90. The van der Waals surface area contributed by atoms with Gasteiger partial charge in [0.15, 0.2) is 5.65 Å². The van der Waals surface area contributed by atoms with Crippen molar-refractivity contribution in [2.24, 2.45) is 0 Å². The smallest absolute Gasteiger partial charge is 0.264 e. The Morgan fingerprint density at radius 3 is 3.06 bits per heavy atom. The third-order valence-corrected chi connectivity index (χ3v) is 2.26. The highest BCUT2D eigenvalue weighted by molar-refractivity contribution is 5.72. The summed E-state index contributed by atoms with van der Waals surface area (Å²) in [5.74, 6) is 0. The molecule has 0 aromatic carbocycles. The SMILES string of the molecule is C=CCn1cnc2c(cnn2CCO)c1=O. The second-order valence-corrected chi connectivity index (χ2v) is 3.32. The second kappa shape index (κ2) is 4.28. The molecule has 2 rings (SSSR count). The lowest BCUT2D eigenvalue weighted by molar-refractivity contribution is 0.271. The zero-order valence-electron chi connectivity index (χ0n) is 8.70. The van der Waals surface area contributed by atoms with E-state index in [1.54, 1.807) is 6.08 Å². The highest BCUT2D eigenvalue weighted by atomic mass is 16.3. The van der Waals surface area contributed by atoms with E-state index < -0.39 is 0 Å². The van der Waals surface area contributed by atoms with Crippen LogP contribution in [0, 0.1) is 0 Å². The van der Waals surface area contributed by atoms with Crippen molar-refractivity contribution in [3.8, 4) is 0 Å². The number of hydrogen-bond donors (Lipinski definition) is 1. The Hall–Kier alpha value is -1.95. The molecule has 0 aliphatic carbocycles. The van der Waals surface area contributed by atoms with Gasteiger partial charge in [0.05, 0.1) is 19.3 Å². The molecule has 16 heavy (non-hydrogen) atoms. The molecule has 0 amide bonds. The molecule has 0 bridgehead atoms. The molecule has 0 aliphatic heterocycles. The number of hydrogen-bond acceptors (Lipinski definition) is 4. The zero-order chi connectivity index (χ0) is 11.5. The third kappa shape index (κ3) is 1.63. The van der Waals surface area contributed by atoms with Gasteiger partial charge in [-0.25, -0.2) is 9.67 Å². The average molecular weight is 220 g/mol. The summed E-state index contributed by atoms with van der Waals surface area (Å²) in [6.07, 6.45) is 4.56. The van der Waals surface area contributed by atoms with Crippen molar-refractivity contribution >= 4 is 11.0 Å². The minimum Gasteiger partial charge on any atom is -0.394 e. The maximum Gasteiger partial charge on any atom is 0.264 e. The standard InChI is InChI=1S/C10H12N4O2/c1-2-3-13-7-11-9-8(10(13)16)6-12-14(9)4-5-15/h2,6-7,15H,1,3-5H2. The predicted molar refractivity (Wildman–Crippen MR) is 59.1 cm³/mol. The summed E-state index contributed by atoms with van der Waals surface area (Å²) in [6, 6.07) is 0. The van der Waals surface area contributed by atoms with Crippen LogP contribution in [0.4, 0.5) is 0 Å². The first kappa shape index (κ1) is 10.6. The van der Waals surface area contributed by atoms with E-state index in [9.17, 15) is 4.79 Å². The number of allylic oxidation sites excluding steroid dienone is 1. The maximum atomic E-state index is 11.9. The van der Waals surface area contributed by atoms with Crippen LogP contribution in [0.15, 0.2) is 30.0 Å². The maximum absolute atomic E-state index is 11.9. The molecule has 6 heteroatoms. The van der Waals surface area contributed by atoms with Crippen molar-refractivity contribution in [2.75, 3.05) is 6.61 Å². The first-order valence-corrected chi connectivity index (χ1v) is 4.90. The molecule has 0 atom stereocenters. The zero-order valence-corrected chi connectivity index (χ0v) is 8.70. The Morgan fingerprint density at radius 2 is 2.38 bits per heavy atom. The van der Waals surface area contributed by atoms with Crippen LogP contribution >= 0.6 is 0 Å². The van der Waals surface area contributed by atoms with Crippen molar-refractivity contribution in [1.82, 2.24) is 19.3 Å². The molecule has 0 spiro atoms. The van der Waals surface area contributed by atoms with Crippen LogP contribution in [0.25, 0.3) is 11.0 Å². The topological polar surface area (TPSA) is 72.9 Å². The molecule has 2 heterocycles. The molecule has 2 aromatic heterocycles. The van der Waals surface area contributed by atoms with Crippen molar-refractivity contribution in [3.05, 3.63) is 35.5 Å². The van der Waals surface area contributed by atoms with Gasteiger partial charge < -0.3 is 5.11 Å². The Bertz CT molecular complexity index is 570. The van der Waals surface area contributed by atoms with Crippen molar-refractivity contribution in [1.29, 1.82) is 0 Å². The molecule has 0 unspecified atom stereocenters. The van der Waals surface area contributed by atoms with Gasteiger partial charge in [0, 0.05) is 6.54 Å². The lowest BCUT2D eigenvalue weighted by Crippen LogP contribution is -2.20. The summed E-state index contributed by atoms with van der Waals surface area (Å²) in [5.41, 5.74) is 0.355. The lowest BCUT2D eigenvalue weighted by atomic mass is 10.4. The van der Waals surface area contributed by atoms with Crippen molar-refractivity contribution < 1.29 is 5.11 Å². The van der Waals surface area contributed by atoms with Gasteiger partial charge in [-0.15, -0.1) is 6.58 Å². The van der Waals surface area contributed by atoms with Crippen LogP contribution in [0.1, 0.15) is 0 Å². The van der Waals surface area contributed by atoms with E-state index in [1.807, 2.05) is 0 Å². The van der Waals surface area contributed by atoms with Crippen LogP contribution < -0.4 is 5.56 Å². The monoisotopic (exact) mass is 220 g/mol. The summed E-state index contributed by atoms with van der Waals surface area (Å²) in [4.78, 5) is 16.0. The molecular formula is C10H12N4O2. The minimum absolute atomic E-state index is 0.0335. The molecule has 2 aromatic rings. The number of nitrogens with zero attached hydrogens (tertiary/aromatic N) is 4. The Labute approximate surface area is 91.5 Å². The Morgan fingerprint density at radius 1 is 1.56 bits per heavy atom. The fraction of sp³-hybridized carbons (Fsp3) is 0.300. The van der Waals surface area contributed by atoms with Gasteiger partial charge in [0.25, 0.3) is 5.56 Å². The summed E-state index contributed by atoms with van der Waals surface area (Å²) in [5, 5.41) is 13.3. The summed E-state index contributed by atoms with van der Waals surface area (Å²) in [6.45, 7) is 4.30. The average Bonchev–Trinajstić information content (AvgIpc) is 2.67. The van der Waals surface area contributed by atoms with Crippen LogP contribution in [-0.2, 0) is 13.1 Å². The van der Waals surface area contributed by atoms with Gasteiger partial charge in [0.1, 0.15) is 11.7 Å². The van der Waals surface area contributed by atoms with Crippen LogP contribution in [-0.4, -0.2) is 31.0 Å². The van der Waals surface area contributed by atoms with E-state index in [0.717, 1.165) is 0 Å². The van der Waals surface area contributed by atoms with E-state index >= 15 is 0 Å². The van der Waals surface area contributed by atoms with Crippen molar-refractivity contribution in [2.45, 2.75) is 13.1 Å². The normalized spacial score (nSPS) is 10.8. The van der Waals surface area contributed by atoms with Gasteiger partial charge in [-0.3, -0.25) is 9.36 Å². The van der Waals surface area contributed by atoms with Gasteiger partial charge >= 0.3 is 0 Å². The fourth-order valence-electron chi connectivity index (χ4n) is 1.52. The van der Waals surface area contributed by atoms with Gasteiger partial charge in [-0.1, -0.05) is 6.08 Å². The molecule has 0 saturated heterocycles. The second-order valence-electron chi connectivity index (χ2n) is 3.32. The molecule has 0 saturated carbocycles. The van der Waals surface area contributed by atoms with E-state index in [0.29, 0.717) is 24.1 Å².